The summed E-state index contributed by atoms with van der Waals surface area (Å²) in [5.41, 5.74) is 12.5. The number of benzene rings is 2. The number of nitriles is 1. The highest BCUT2D eigenvalue weighted by molar-refractivity contribution is 7.18. The largest absolute Gasteiger partial charge is 0.382 e. The van der Waals surface area contributed by atoms with Crippen LogP contribution in [0.5, 0.6) is 0 Å². The van der Waals surface area contributed by atoms with Gasteiger partial charge in [-0.1, -0.05) is 23.5 Å². The Labute approximate surface area is 170 Å². The van der Waals surface area contributed by atoms with Gasteiger partial charge in [-0.05, 0) is 43.3 Å². The lowest BCUT2D eigenvalue weighted by Crippen LogP contribution is -2.39. The highest BCUT2D eigenvalue weighted by Crippen LogP contribution is 2.36. The van der Waals surface area contributed by atoms with Crippen LogP contribution in [0.4, 0.5) is 21.0 Å². The van der Waals surface area contributed by atoms with E-state index in [-0.39, 0.29) is 15.8 Å². The minimum absolute atomic E-state index is 0.0128. The Morgan fingerprint density at radius 1 is 1.24 bits per heavy atom. The quantitative estimate of drug-likeness (QED) is 0.603. The van der Waals surface area contributed by atoms with E-state index in [9.17, 15) is 14.0 Å². The summed E-state index contributed by atoms with van der Waals surface area (Å²) < 4.78 is 13.3. The molecule has 1 heterocycles. The lowest BCUT2D eigenvalue weighted by Gasteiger charge is -2.26. The zero-order chi connectivity index (χ0) is 21.1. The van der Waals surface area contributed by atoms with Crippen molar-refractivity contribution < 1.29 is 14.0 Å². The van der Waals surface area contributed by atoms with Gasteiger partial charge in [0.1, 0.15) is 22.6 Å². The first-order valence-corrected chi connectivity index (χ1v) is 9.28. The maximum Gasteiger partial charge on any atom is 0.240 e. The summed E-state index contributed by atoms with van der Waals surface area (Å²) in [5, 5.41) is 9.30. The third-order valence-electron chi connectivity index (χ3n) is 4.21. The van der Waals surface area contributed by atoms with Crippen molar-refractivity contribution in [3.8, 4) is 6.07 Å². The van der Waals surface area contributed by atoms with Gasteiger partial charge >= 0.3 is 0 Å². The van der Waals surface area contributed by atoms with Crippen LogP contribution in [0.1, 0.15) is 27.7 Å². The minimum Gasteiger partial charge on any atom is -0.382 e. The fraction of sp³-hybridized carbons (Fsp3) is 0.100. The number of halogens is 1. The molecule has 9 heteroatoms. The number of nitrogens with zero attached hydrogens (tertiary/aromatic N) is 3. The molecule has 3 aromatic rings. The molecule has 2 aromatic carbocycles. The molecule has 1 atom stereocenters. The minimum atomic E-state index is -0.823. The number of thiazole rings is 1. The van der Waals surface area contributed by atoms with Crippen LogP contribution >= 0.6 is 11.3 Å². The second kappa shape index (κ2) is 8.08. The first-order valence-electron chi connectivity index (χ1n) is 8.47. The number of nitrogens with two attached hydrogens (primary N) is 2. The Morgan fingerprint density at radius 2 is 1.93 bits per heavy atom. The predicted octanol–water partition coefficient (Wildman–Crippen LogP) is 2.98. The van der Waals surface area contributed by atoms with Crippen molar-refractivity contribution >= 4 is 39.7 Å². The van der Waals surface area contributed by atoms with Crippen molar-refractivity contribution in [2.24, 2.45) is 5.73 Å². The van der Waals surface area contributed by atoms with Crippen LogP contribution in [0, 0.1) is 17.1 Å². The molecule has 7 nitrogen and oxygen atoms in total. The molecular formula is C20H16FN5O2S. The molecular weight excluding hydrogens is 393 g/mol. The maximum absolute atomic E-state index is 13.3. The highest BCUT2D eigenvalue weighted by atomic mass is 32.1. The van der Waals surface area contributed by atoms with Crippen LogP contribution in [-0.4, -0.2) is 22.7 Å². The molecule has 1 aromatic heterocycles. The van der Waals surface area contributed by atoms with E-state index in [1.807, 2.05) is 6.07 Å². The lowest BCUT2D eigenvalue weighted by atomic mass is 10.1. The number of rotatable bonds is 6. The monoisotopic (exact) mass is 409 g/mol. The van der Waals surface area contributed by atoms with E-state index < -0.39 is 23.5 Å². The summed E-state index contributed by atoms with van der Waals surface area (Å²) in [5.74, 6) is -1.47. The number of aromatic nitrogens is 1. The van der Waals surface area contributed by atoms with Gasteiger partial charge in [-0.2, -0.15) is 5.26 Å². The van der Waals surface area contributed by atoms with Crippen molar-refractivity contribution in [1.82, 2.24) is 4.98 Å². The van der Waals surface area contributed by atoms with Gasteiger partial charge in [0.2, 0.25) is 11.7 Å². The fourth-order valence-corrected chi connectivity index (χ4v) is 3.72. The summed E-state index contributed by atoms with van der Waals surface area (Å²) in [7, 11) is 0. The molecule has 0 aliphatic rings. The van der Waals surface area contributed by atoms with Crippen molar-refractivity contribution in [3.63, 3.8) is 0 Å². The lowest BCUT2D eigenvalue weighted by molar-refractivity contribution is -0.118. The van der Waals surface area contributed by atoms with Gasteiger partial charge < -0.3 is 16.4 Å². The van der Waals surface area contributed by atoms with Crippen LogP contribution in [0.3, 0.4) is 0 Å². The molecule has 1 amide bonds. The maximum atomic E-state index is 13.3. The van der Waals surface area contributed by atoms with Crippen molar-refractivity contribution in [1.29, 1.82) is 5.26 Å². The van der Waals surface area contributed by atoms with Gasteiger partial charge in [0, 0.05) is 11.3 Å². The van der Waals surface area contributed by atoms with Crippen molar-refractivity contribution in [2.45, 2.75) is 13.0 Å². The number of primary amides is 1. The summed E-state index contributed by atoms with van der Waals surface area (Å²) in [4.78, 5) is 30.6. The third kappa shape index (κ3) is 4.07. The van der Waals surface area contributed by atoms with Gasteiger partial charge in [0.15, 0.2) is 5.13 Å². The average Bonchev–Trinajstić information content (AvgIpc) is 3.10. The van der Waals surface area contributed by atoms with Gasteiger partial charge in [-0.15, -0.1) is 0 Å². The molecule has 0 bridgehead atoms. The van der Waals surface area contributed by atoms with E-state index in [0.717, 1.165) is 11.3 Å². The van der Waals surface area contributed by atoms with E-state index in [0.29, 0.717) is 16.8 Å². The first kappa shape index (κ1) is 20.0. The van der Waals surface area contributed by atoms with Crippen LogP contribution in [0.2, 0.25) is 0 Å². The van der Waals surface area contributed by atoms with Crippen molar-refractivity contribution in [3.05, 3.63) is 70.4 Å². The second-order valence-corrected chi connectivity index (χ2v) is 7.13. The number of carbonyl (C=O) groups is 2. The molecule has 0 fully saturated rings. The molecule has 29 heavy (non-hydrogen) atoms. The molecule has 0 unspecified atom stereocenters. The summed E-state index contributed by atoms with van der Waals surface area (Å²) in [6.07, 6.45) is 0. The summed E-state index contributed by atoms with van der Waals surface area (Å²) in [6, 6.07) is 12.8. The smallest absolute Gasteiger partial charge is 0.240 e. The predicted molar refractivity (Wildman–Crippen MR) is 108 cm³/mol. The van der Waals surface area contributed by atoms with Gasteiger partial charge in [-0.3, -0.25) is 9.59 Å². The Kier molecular flexibility index (Phi) is 5.57. The second-order valence-electron chi connectivity index (χ2n) is 6.16. The molecule has 3 rings (SSSR count). The SMILES string of the molecule is C[C@H](C(N)=O)N(c1ccc(F)cc1)c1nc(N)c(C(=O)c2cccc(C#N)c2)s1. The standard InChI is InChI=1S/C20H16FN5O2S/c1-11(19(24)28)26(15-7-5-14(21)6-8-15)20-25-18(23)17(29-20)16(27)13-4-2-3-12(9-13)10-22/h2-9,11H,23H2,1H3,(H2,24,28)/t11-/m1/s1. The van der Waals surface area contributed by atoms with E-state index in [2.05, 4.69) is 4.98 Å². The van der Waals surface area contributed by atoms with E-state index in [1.54, 1.807) is 25.1 Å². The zero-order valence-electron chi connectivity index (χ0n) is 15.3. The molecule has 0 aliphatic heterocycles. The normalized spacial score (nSPS) is 11.5. The molecule has 0 saturated heterocycles. The number of nitrogen functional groups attached to an aromatic ring is 1. The fourth-order valence-electron chi connectivity index (χ4n) is 2.68. The van der Waals surface area contributed by atoms with Crippen molar-refractivity contribution in [2.75, 3.05) is 10.6 Å². The number of anilines is 3. The van der Waals surface area contributed by atoms with E-state index in [4.69, 9.17) is 16.7 Å². The summed E-state index contributed by atoms with van der Waals surface area (Å²) in [6.45, 7) is 1.57. The number of amides is 1. The molecule has 4 N–H and O–H groups in total. The molecule has 0 radical (unpaired) electrons. The van der Waals surface area contributed by atoms with Gasteiger partial charge in [0.25, 0.3) is 0 Å². The molecule has 0 aliphatic carbocycles. The first-order chi connectivity index (χ1) is 13.8. The number of hydrogen-bond donors (Lipinski definition) is 2. The zero-order valence-corrected chi connectivity index (χ0v) is 16.1. The van der Waals surface area contributed by atoms with E-state index in [1.165, 1.54) is 35.2 Å². The number of hydrogen-bond acceptors (Lipinski definition) is 7. The number of carbonyl (C=O) groups excluding carboxylic acids is 2. The highest BCUT2D eigenvalue weighted by Gasteiger charge is 2.27. The Balaban J connectivity index is 2.05. The van der Waals surface area contributed by atoms with Crippen LogP contribution in [0.15, 0.2) is 48.5 Å². The Hall–Kier alpha value is -3.77. The Bertz CT molecular complexity index is 1120. The molecule has 0 saturated carbocycles. The number of ketones is 1. The van der Waals surface area contributed by atoms with Crippen LogP contribution < -0.4 is 16.4 Å². The average molecular weight is 409 g/mol. The van der Waals surface area contributed by atoms with Gasteiger partial charge in [0.05, 0.1) is 11.6 Å². The molecule has 0 spiro atoms. The van der Waals surface area contributed by atoms with Crippen LogP contribution in [0.25, 0.3) is 0 Å². The van der Waals surface area contributed by atoms with Gasteiger partial charge in [-0.25, -0.2) is 9.37 Å². The summed E-state index contributed by atoms with van der Waals surface area (Å²) >= 11 is 0.985. The topological polar surface area (TPSA) is 126 Å². The Morgan fingerprint density at radius 3 is 2.55 bits per heavy atom. The third-order valence-corrected chi connectivity index (χ3v) is 5.28. The van der Waals surface area contributed by atoms with Crippen LogP contribution in [-0.2, 0) is 4.79 Å². The molecule has 146 valence electrons. The van der Waals surface area contributed by atoms with E-state index >= 15 is 0 Å².